The van der Waals surface area contributed by atoms with Crippen molar-refractivity contribution in [3.63, 3.8) is 0 Å². The van der Waals surface area contributed by atoms with Gasteiger partial charge in [0.25, 0.3) is 0 Å². The zero-order valence-corrected chi connectivity index (χ0v) is 12.3. The molecule has 0 aliphatic heterocycles. The number of ether oxygens (including phenoxy) is 1. The number of halogens is 2. The average Bonchev–Trinajstić information content (AvgIpc) is 2.53. The molecule has 5 heteroatoms. The maximum absolute atomic E-state index is 13.7. The summed E-state index contributed by atoms with van der Waals surface area (Å²) in [5.41, 5.74) is 1.69. The van der Waals surface area contributed by atoms with Crippen molar-refractivity contribution in [3.05, 3.63) is 70.9 Å². The number of hydrogen-bond donors (Lipinski definition) is 0. The third-order valence-electron chi connectivity index (χ3n) is 3.51. The minimum atomic E-state index is -0.660. The van der Waals surface area contributed by atoms with Crippen LogP contribution in [0.1, 0.15) is 16.7 Å². The largest absolute Gasteiger partial charge is 0.486 e. The fraction of sp³-hybridized carbons (Fsp3) is 0.111. The molecule has 1 heterocycles. The lowest BCUT2D eigenvalue weighted by molar-refractivity contribution is 0.295. The van der Waals surface area contributed by atoms with Crippen LogP contribution in [0.2, 0.25) is 0 Å². The van der Waals surface area contributed by atoms with Crippen LogP contribution in [0.5, 0.6) is 5.75 Å². The summed E-state index contributed by atoms with van der Waals surface area (Å²) in [6, 6.07) is 10.9. The molecule has 1 aromatic heterocycles. The molecule has 0 bridgehead atoms. The highest BCUT2D eigenvalue weighted by Crippen LogP contribution is 2.29. The first-order valence-corrected chi connectivity index (χ1v) is 6.95. The molecule has 0 fully saturated rings. The SMILES string of the molecule is Cc1cc(OCc2c(F)cccc2F)c2nccc(C#N)c2c1. The van der Waals surface area contributed by atoms with E-state index in [-0.39, 0.29) is 12.2 Å². The van der Waals surface area contributed by atoms with E-state index in [0.29, 0.717) is 22.2 Å². The van der Waals surface area contributed by atoms with Gasteiger partial charge in [0.05, 0.1) is 17.2 Å². The lowest BCUT2D eigenvalue weighted by Gasteiger charge is -2.11. The highest BCUT2D eigenvalue weighted by molar-refractivity contribution is 5.89. The Labute approximate surface area is 131 Å². The Balaban J connectivity index is 2.02. The zero-order chi connectivity index (χ0) is 16.4. The molecule has 0 saturated heterocycles. The summed E-state index contributed by atoms with van der Waals surface area (Å²) in [5.74, 6) is -0.931. The fourth-order valence-corrected chi connectivity index (χ4v) is 2.39. The number of aromatic nitrogens is 1. The maximum atomic E-state index is 13.7. The number of rotatable bonds is 3. The van der Waals surface area contributed by atoms with E-state index in [9.17, 15) is 14.0 Å². The normalized spacial score (nSPS) is 10.5. The molecular formula is C18H12F2N2O. The van der Waals surface area contributed by atoms with Crippen molar-refractivity contribution < 1.29 is 13.5 Å². The van der Waals surface area contributed by atoms with Crippen LogP contribution in [0.15, 0.2) is 42.6 Å². The molecule has 23 heavy (non-hydrogen) atoms. The van der Waals surface area contributed by atoms with Gasteiger partial charge in [-0.3, -0.25) is 4.98 Å². The first kappa shape index (κ1) is 14.9. The lowest BCUT2D eigenvalue weighted by atomic mass is 10.1. The quantitative estimate of drug-likeness (QED) is 0.725. The second-order valence-corrected chi connectivity index (χ2v) is 5.12. The van der Waals surface area contributed by atoms with E-state index in [1.807, 2.05) is 13.0 Å². The summed E-state index contributed by atoms with van der Waals surface area (Å²) < 4.78 is 33.0. The standard InChI is InChI=1S/C18H12F2N2O/c1-11-7-13-12(9-21)5-6-22-18(13)17(8-11)23-10-14-15(19)3-2-4-16(14)20/h2-8H,10H2,1H3. The van der Waals surface area contributed by atoms with Crippen LogP contribution in [0.4, 0.5) is 8.78 Å². The van der Waals surface area contributed by atoms with E-state index in [1.165, 1.54) is 24.4 Å². The molecule has 3 nitrogen and oxygen atoms in total. The molecule has 0 unspecified atom stereocenters. The topological polar surface area (TPSA) is 45.9 Å². The van der Waals surface area contributed by atoms with Crippen LogP contribution in [0.25, 0.3) is 10.9 Å². The summed E-state index contributed by atoms with van der Waals surface area (Å²) in [6.45, 7) is 1.60. The van der Waals surface area contributed by atoms with Crippen molar-refractivity contribution >= 4 is 10.9 Å². The summed E-state index contributed by atoms with van der Waals surface area (Å²) in [6.07, 6.45) is 1.51. The van der Waals surface area contributed by atoms with Gasteiger partial charge in [0.2, 0.25) is 0 Å². The van der Waals surface area contributed by atoms with E-state index in [2.05, 4.69) is 11.1 Å². The van der Waals surface area contributed by atoms with E-state index >= 15 is 0 Å². The van der Waals surface area contributed by atoms with Crippen LogP contribution >= 0.6 is 0 Å². The summed E-state index contributed by atoms with van der Waals surface area (Å²) in [5, 5.41) is 9.83. The molecule has 0 spiro atoms. The predicted molar refractivity (Wildman–Crippen MR) is 81.9 cm³/mol. The second-order valence-electron chi connectivity index (χ2n) is 5.12. The van der Waals surface area contributed by atoms with Gasteiger partial charge in [0, 0.05) is 11.6 Å². The van der Waals surface area contributed by atoms with Crippen molar-refractivity contribution in [1.29, 1.82) is 5.26 Å². The monoisotopic (exact) mass is 310 g/mol. The third kappa shape index (κ3) is 2.84. The van der Waals surface area contributed by atoms with Gasteiger partial charge in [-0.05, 0) is 42.8 Å². The number of fused-ring (bicyclic) bond motifs is 1. The van der Waals surface area contributed by atoms with Crippen LogP contribution < -0.4 is 4.74 Å². The van der Waals surface area contributed by atoms with E-state index in [0.717, 1.165) is 5.56 Å². The molecule has 0 aliphatic carbocycles. The molecule has 0 atom stereocenters. The summed E-state index contributed by atoms with van der Waals surface area (Å²) >= 11 is 0. The fourth-order valence-electron chi connectivity index (χ4n) is 2.39. The van der Waals surface area contributed by atoms with Gasteiger partial charge in [-0.2, -0.15) is 5.26 Å². The number of nitrogens with zero attached hydrogens (tertiary/aromatic N) is 2. The Morgan fingerprint density at radius 2 is 1.91 bits per heavy atom. The third-order valence-corrected chi connectivity index (χ3v) is 3.51. The Bertz CT molecular complexity index is 912. The van der Waals surface area contributed by atoms with Crippen LogP contribution in [-0.4, -0.2) is 4.98 Å². The van der Waals surface area contributed by atoms with Crippen LogP contribution in [-0.2, 0) is 6.61 Å². The molecule has 3 aromatic rings. The first-order chi connectivity index (χ1) is 11.1. The zero-order valence-electron chi connectivity index (χ0n) is 12.3. The smallest absolute Gasteiger partial charge is 0.146 e. The Morgan fingerprint density at radius 1 is 1.17 bits per heavy atom. The van der Waals surface area contributed by atoms with E-state index < -0.39 is 11.6 Å². The molecule has 0 radical (unpaired) electrons. The Kier molecular flexibility index (Phi) is 3.90. The minimum Gasteiger partial charge on any atom is -0.486 e. The number of hydrogen-bond acceptors (Lipinski definition) is 3. The van der Waals surface area contributed by atoms with Crippen molar-refractivity contribution in [3.8, 4) is 11.8 Å². The van der Waals surface area contributed by atoms with Gasteiger partial charge in [-0.15, -0.1) is 0 Å². The molecule has 0 N–H and O–H groups in total. The predicted octanol–water partition coefficient (Wildman–Crippen LogP) is 4.27. The first-order valence-electron chi connectivity index (χ1n) is 6.95. The maximum Gasteiger partial charge on any atom is 0.146 e. The van der Waals surface area contributed by atoms with Crippen LogP contribution in [0, 0.1) is 29.9 Å². The van der Waals surface area contributed by atoms with Gasteiger partial charge in [-0.25, -0.2) is 8.78 Å². The van der Waals surface area contributed by atoms with E-state index in [1.54, 1.807) is 12.1 Å². The van der Waals surface area contributed by atoms with Crippen LogP contribution in [0.3, 0.4) is 0 Å². The molecular weight excluding hydrogens is 298 g/mol. The number of nitriles is 1. The van der Waals surface area contributed by atoms with Crippen molar-refractivity contribution in [1.82, 2.24) is 4.98 Å². The summed E-state index contributed by atoms with van der Waals surface area (Å²) in [4.78, 5) is 4.22. The molecule has 0 aliphatic rings. The van der Waals surface area contributed by atoms with Gasteiger partial charge in [-0.1, -0.05) is 6.07 Å². The molecule has 3 rings (SSSR count). The molecule has 0 amide bonds. The Morgan fingerprint density at radius 3 is 2.61 bits per heavy atom. The number of aryl methyl sites for hydroxylation is 1. The number of pyridine rings is 1. The van der Waals surface area contributed by atoms with Crippen molar-refractivity contribution in [2.45, 2.75) is 13.5 Å². The van der Waals surface area contributed by atoms with Crippen molar-refractivity contribution in [2.24, 2.45) is 0 Å². The summed E-state index contributed by atoms with van der Waals surface area (Å²) in [7, 11) is 0. The highest BCUT2D eigenvalue weighted by atomic mass is 19.1. The molecule has 0 saturated carbocycles. The Hall–Kier alpha value is -3.00. The second kappa shape index (κ2) is 6.01. The minimum absolute atomic E-state index is 0.140. The van der Waals surface area contributed by atoms with Gasteiger partial charge >= 0.3 is 0 Å². The van der Waals surface area contributed by atoms with E-state index in [4.69, 9.17) is 4.74 Å². The lowest BCUT2D eigenvalue weighted by Crippen LogP contribution is -2.03. The highest BCUT2D eigenvalue weighted by Gasteiger charge is 2.12. The van der Waals surface area contributed by atoms with Gasteiger partial charge in [0.1, 0.15) is 29.5 Å². The molecule has 2 aromatic carbocycles. The number of benzene rings is 2. The van der Waals surface area contributed by atoms with Crippen molar-refractivity contribution in [2.75, 3.05) is 0 Å². The van der Waals surface area contributed by atoms with Gasteiger partial charge < -0.3 is 4.74 Å². The average molecular weight is 310 g/mol. The van der Waals surface area contributed by atoms with Gasteiger partial charge in [0.15, 0.2) is 0 Å². The molecule has 114 valence electrons.